The molecule has 0 atom stereocenters. The number of hydrogen-bond donors (Lipinski definition) is 2. The van der Waals surface area contributed by atoms with Gasteiger partial charge in [-0.2, -0.15) is 0 Å². The predicted octanol–water partition coefficient (Wildman–Crippen LogP) is 2.54. The maximum atomic E-state index is 11.4. The lowest BCUT2D eigenvalue weighted by atomic mass is 10.3. The standard InChI is InChI=1S/C10H12Cl2N2O/c1-13-5-4-10(15)14-9-3-2-7(11)6-8(9)12/h2-3,6,13H,4-5H2,1H3,(H,14,15). The molecular weight excluding hydrogens is 235 g/mol. The normalized spacial score (nSPS) is 10.1. The van der Waals surface area contributed by atoms with E-state index < -0.39 is 0 Å². The molecule has 1 aromatic carbocycles. The Morgan fingerprint density at radius 2 is 2.13 bits per heavy atom. The second kappa shape index (κ2) is 5.95. The van der Waals surface area contributed by atoms with E-state index >= 15 is 0 Å². The number of hydrogen-bond acceptors (Lipinski definition) is 2. The van der Waals surface area contributed by atoms with E-state index in [0.717, 1.165) is 0 Å². The van der Waals surface area contributed by atoms with Crippen molar-refractivity contribution in [1.29, 1.82) is 0 Å². The van der Waals surface area contributed by atoms with Gasteiger partial charge in [-0.15, -0.1) is 0 Å². The van der Waals surface area contributed by atoms with Gasteiger partial charge in [0.1, 0.15) is 0 Å². The summed E-state index contributed by atoms with van der Waals surface area (Å²) in [6, 6.07) is 4.96. The highest BCUT2D eigenvalue weighted by molar-refractivity contribution is 6.36. The van der Waals surface area contributed by atoms with Crippen LogP contribution in [0.3, 0.4) is 0 Å². The van der Waals surface area contributed by atoms with Crippen LogP contribution in [0.25, 0.3) is 0 Å². The van der Waals surface area contributed by atoms with Crippen LogP contribution in [0.5, 0.6) is 0 Å². The summed E-state index contributed by atoms with van der Waals surface area (Å²) in [5, 5.41) is 6.59. The minimum absolute atomic E-state index is 0.0754. The molecule has 82 valence electrons. The van der Waals surface area contributed by atoms with Crippen LogP contribution in [0.15, 0.2) is 18.2 Å². The minimum atomic E-state index is -0.0754. The molecule has 0 heterocycles. The maximum absolute atomic E-state index is 11.4. The highest BCUT2D eigenvalue weighted by atomic mass is 35.5. The van der Waals surface area contributed by atoms with Crippen molar-refractivity contribution in [3.05, 3.63) is 28.2 Å². The fourth-order valence-corrected chi connectivity index (χ4v) is 1.50. The molecule has 0 spiro atoms. The summed E-state index contributed by atoms with van der Waals surface area (Å²) in [6.07, 6.45) is 0.412. The zero-order chi connectivity index (χ0) is 11.3. The van der Waals surface area contributed by atoms with E-state index in [2.05, 4.69) is 10.6 Å². The van der Waals surface area contributed by atoms with Gasteiger partial charge in [-0.1, -0.05) is 23.2 Å². The summed E-state index contributed by atoms with van der Waals surface area (Å²) in [4.78, 5) is 11.4. The lowest BCUT2D eigenvalue weighted by Crippen LogP contribution is -2.18. The Hall–Kier alpha value is -0.770. The van der Waals surface area contributed by atoms with Crippen LogP contribution in [0.4, 0.5) is 5.69 Å². The number of amides is 1. The molecule has 1 rings (SSSR count). The quantitative estimate of drug-likeness (QED) is 0.858. The number of halogens is 2. The molecule has 0 aliphatic carbocycles. The summed E-state index contributed by atoms with van der Waals surface area (Å²) >= 11 is 11.6. The molecule has 0 fully saturated rings. The third-order valence-electron chi connectivity index (χ3n) is 1.81. The van der Waals surface area contributed by atoms with Gasteiger partial charge in [0.15, 0.2) is 0 Å². The van der Waals surface area contributed by atoms with E-state index in [9.17, 15) is 4.79 Å². The lowest BCUT2D eigenvalue weighted by Gasteiger charge is -2.07. The van der Waals surface area contributed by atoms with E-state index in [4.69, 9.17) is 23.2 Å². The first-order chi connectivity index (χ1) is 7.13. The van der Waals surface area contributed by atoms with Crippen LogP contribution in [-0.2, 0) is 4.79 Å². The molecule has 5 heteroatoms. The number of nitrogens with one attached hydrogen (secondary N) is 2. The van der Waals surface area contributed by atoms with Crippen LogP contribution in [0.1, 0.15) is 6.42 Å². The van der Waals surface area contributed by atoms with Crippen molar-refractivity contribution in [2.75, 3.05) is 18.9 Å². The average molecular weight is 247 g/mol. The van der Waals surface area contributed by atoms with E-state index in [1.54, 1.807) is 25.2 Å². The molecule has 0 radical (unpaired) electrons. The Morgan fingerprint density at radius 1 is 1.40 bits per heavy atom. The topological polar surface area (TPSA) is 41.1 Å². The molecule has 0 aromatic heterocycles. The van der Waals surface area contributed by atoms with Crippen LogP contribution in [0.2, 0.25) is 10.0 Å². The van der Waals surface area contributed by atoms with Gasteiger partial charge in [0.05, 0.1) is 10.7 Å². The Bertz CT molecular complexity index is 355. The van der Waals surface area contributed by atoms with Gasteiger partial charge in [0.25, 0.3) is 0 Å². The minimum Gasteiger partial charge on any atom is -0.325 e. The fourth-order valence-electron chi connectivity index (χ4n) is 1.04. The second-order valence-corrected chi connectivity index (χ2v) is 3.87. The van der Waals surface area contributed by atoms with Crippen LogP contribution < -0.4 is 10.6 Å². The summed E-state index contributed by atoms with van der Waals surface area (Å²) < 4.78 is 0. The van der Waals surface area contributed by atoms with Gasteiger partial charge in [-0.25, -0.2) is 0 Å². The number of anilines is 1. The third kappa shape index (κ3) is 4.08. The van der Waals surface area contributed by atoms with Crippen LogP contribution in [0, 0.1) is 0 Å². The Kier molecular flexibility index (Phi) is 4.88. The number of rotatable bonds is 4. The number of carbonyl (C=O) groups is 1. The molecule has 0 unspecified atom stereocenters. The van der Waals surface area contributed by atoms with Crippen molar-refractivity contribution in [3.63, 3.8) is 0 Å². The van der Waals surface area contributed by atoms with E-state index in [-0.39, 0.29) is 5.91 Å². The third-order valence-corrected chi connectivity index (χ3v) is 2.36. The number of benzene rings is 1. The van der Waals surface area contributed by atoms with Gasteiger partial charge >= 0.3 is 0 Å². The Balaban J connectivity index is 2.60. The molecule has 15 heavy (non-hydrogen) atoms. The molecule has 0 saturated heterocycles. The molecule has 0 saturated carbocycles. The molecule has 3 nitrogen and oxygen atoms in total. The first kappa shape index (κ1) is 12.3. The fraction of sp³-hybridized carbons (Fsp3) is 0.300. The molecule has 0 bridgehead atoms. The van der Waals surface area contributed by atoms with Crippen LogP contribution in [-0.4, -0.2) is 19.5 Å². The van der Waals surface area contributed by atoms with Crippen LogP contribution >= 0.6 is 23.2 Å². The van der Waals surface area contributed by atoms with Crippen molar-refractivity contribution in [2.24, 2.45) is 0 Å². The van der Waals surface area contributed by atoms with Gasteiger partial charge < -0.3 is 10.6 Å². The van der Waals surface area contributed by atoms with Gasteiger partial charge in [0, 0.05) is 18.0 Å². The summed E-state index contributed by atoms with van der Waals surface area (Å²) in [5.74, 6) is -0.0754. The van der Waals surface area contributed by atoms with E-state index in [1.807, 2.05) is 0 Å². The Labute approximate surface area is 98.8 Å². The lowest BCUT2D eigenvalue weighted by molar-refractivity contribution is -0.116. The summed E-state index contributed by atoms with van der Waals surface area (Å²) in [5.41, 5.74) is 0.585. The number of carbonyl (C=O) groups excluding carboxylic acids is 1. The highest BCUT2D eigenvalue weighted by Gasteiger charge is 2.05. The van der Waals surface area contributed by atoms with Gasteiger partial charge in [-0.3, -0.25) is 4.79 Å². The van der Waals surface area contributed by atoms with Gasteiger partial charge in [0.2, 0.25) is 5.91 Å². The SMILES string of the molecule is CNCCC(=O)Nc1ccc(Cl)cc1Cl. The predicted molar refractivity (Wildman–Crippen MR) is 63.6 cm³/mol. The van der Waals surface area contributed by atoms with E-state index in [0.29, 0.717) is 28.7 Å². The summed E-state index contributed by atoms with van der Waals surface area (Å²) in [7, 11) is 1.79. The van der Waals surface area contributed by atoms with Crippen molar-refractivity contribution in [3.8, 4) is 0 Å². The molecule has 1 amide bonds. The molecule has 0 aliphatic heterocycles. The van der Waals surface area contributed by atoms with Crippen molar-refractivity contribution < 1.29 is 4.79 Å². The average Bonchev–Trinajstić information content (AvgIpc) is 2.19. The summed E-state index contributed by atoms with van der Waals surface area (Å²) in [6.45, 7) is 0.636. The molecule has 0 aliphatic rings. The van der Waals surface area contributed by atoms with Crippen molar-refractivity contribution >= 4 is 34.8 Å². The monoisotopic (exact) mass is 246 g/mol. The van der Waals surface area contributed by atoms with E-state index in [1.165, 1.54) is 0 Å². The maximum Gasteiger partial charge on any atom is 0.225 e. The first-order valence-corrected chi connectivity index (χ1v) is 5.28. The zero-order valence-electron chi connectivity index (χ0n) is 8.31. The molecule has 1 aromatic rings. The molecule has 2 N–H and O–H groups in total. The van der Waals surface area contributed by atoms with Crippen molar-refractivity contribution in [1.82, 2.24) is 5.32 Å². The van der Waals surface area contributed by atoms with Gasteiger partial charge in [-0.05, 0) is 25.2 Å². The second-order valence-electron chi connectivity index (χ2n) is 3.03. The largest absolute Gasteiger partial charge is 0.325 e. The smallest absolute Gasteiger partial charge is 0.225 e. The zero-order valence-corrected chi connectivity index (χ0v) is 9.82. The Morgan fingerprint density at radius 3 is 2.73 bits per heavy atom. The highest BCUT2D eigenvalue weighted by Crippen LogP contribution is 2.25. The molecular formula is C10H12Cl2N2O. The van der Waals surface area contributed by atoms with Crippen molar-refractivity contribution in [2.45, 2.75) is 6.42 Å². The first-order valence-electron chi connectivity index (χ1n) is 4.53.